The van der Waals surface area contributed by atoms with Crippen molar-refractivity contribution in [3.63, 3.8) is 0 Å². The molecule has 9 nitrogen and oxygen atoms in total. The SMILES string of the molecule is Cc1ccc(-c2cc(C(=O)O)cc(-n3nnnc3C(C)C)c2)cc1.NCc1ccn[nH]1. The van der Waals surface area contributed by atoms with Crippen molar-refractivity contribution >= 4 is 5.97 Å². The van der Waals surface area contributed by atoms with E-state index in [-0.39, 0.29) is 11.5 Å². The Labute approximate surface area is 179 Å². The first-order valence-electron chi connectivity index (χ1n) is 9.81. The van der Waals surface area contributed by atoms with Crippen molar-refractivity contribution in [3.05, 3.63) is 77.4 Å². The van der Waals surface area contributed by atoms with Crippen molar-refractivity contribution in [3.8, 4) is 16.8 Å². The zero-order chi connectivity index (χ0) is 22.4. The highest BCUT2D eigenvalue weighted by atomic mass is 16.4. The number of rotatable bonds is 5. The van der Waals surface area contributed by atoms with Crippen molar-refractivity contribution in [2.24, 2.45) is 5.73 Å². The fraction of sp³-hybridized carbons (Fsp3) is 0.227. The largest absolute Gasteiger partial charge is 0.478 e. The number of carboxylic acids is 1. The van der Waals surface area contributed by atoms with Crippen LogP contribution in [0.15, 0.2) is 54.7 Å². The minimum Gasteiger partial charge on any atom is -0.478 e. The lowest BCUT2D eigenvalue weighted by atomic mass is 10.0. The van der Waals surface area contributed by atoms with Gasteiger partial charge >= 0.3 is 5.97 Å². The number of benzene rings is 2. The van der Waals surface area contributed by atoms with Crippen LogP contribution in [0.4, 0.5) is 0 Å². The van der Waals surface area contributed by atoms with Gasteiger partial charge < -0.3 is 10.8 Å². The zero-order valence-corrected chi connectivity index (χ0v) is 17.6. The summed E-state index contributed by atoms with van der Waals surface area (Å²) < 4.78 is 1.59. The lowest BCUT2D eigenvalue weighted by Gasteiger charge is -2.11. The third-order valence-electron chi connectivity index (χ3n) is 4.58. The van der Waals surface area contributed by atoms with E-state index in [1.165, 1.54) is 0 Å². The molecule has 0 amide bonds. The van der Waals surface area contributed by atoms with Gasteiger partial charge in [-0.3, -0.25) is 5.10 Å². The molecule has 0 aliphatic rings. The molecular formula is C22H25N7O2. The summed E-state index contributed by atoms with van der Waals surface area (Å²) in [6.07, 6.45) is 1.68. The molecule has 0 aliphatic heterocycles. The van der Waals surface area contributed by atoms with Gasteiger partial charge in [0.2, 0.25) is 0 Å². The summed E-state index contributed by atoms with van der Waals surface area (Å²) in [5, 5.41) is 27.6. The van der Waals surface area contributed by atoms with Gasteiger partial charge in [0, 0.05) is 24.4 Å². The van der Waals surface area contributed by atoms with Gasteiger partial charge in [0.1, 0.15) is 0 Å². The predicted molar refractivity (Wildman–Crippen MR) is 117 cm³/mol. The highest BCUT2D eigenvalue weighted by molar-refractivity contribution is 5.90. The van der Waals surface area contributed by atoms with E-state index in [0.29, 0.717) is 18.1 Å². The van der Waals surface area contributed by atoms with Crippen LogP contribution in [0.25, 0.3) is 16.8 Å². The molecule has 0 aliphatic carbocycles. The van der Waals surface area contributed by atoms with E-state index in [4.69, 9.17) is 5.73 Å². The third kappa shape index (κ3) is 5.40. The van der Waals surface area contributed by atoms with E-state index in [1.807, 2.05) is 57.2 Å². The molecule has 4 N–H and O–H groups in total. The van der Waals surface area contributed by atoms with Crippen LogP contribution in [0.3, 0.4) is 0 Å². The van der Waals surface area contributed by atoms with Crippen molar-refractivity contribution in [1.29, 1.82) is 0 Å². The maximum atomic E-state index is 11.5. The Morgan fingerprint density at radius 3 is 2.42 bits per heavy atom. The van der Waals surface area contributed by atoms with E-state index in [0.717, 1.165) is 22.4 Å². The maximum Gasteiger partial charge on any atom is 0.335 e. The van der Waals surface area contributed by atoms with Crippen LogP contribution in [0, 0.1) is 6.92 Å². The molecule has 4 rings (SSSR count). The first-order chi connectivity index (χ1) is 14.9. The van der Waals surface area contributed by atoms with Gasteiger partial charge in [-0.15, -0.1) is 5.10 Å². The Morgan fingerprint density at radius 1 is 1.13 bits per heavy atom. The summed E-state index contributed by atoms with van der Waals surface area (Å²) in [4.78, 5) is 11.5. The smallest absolute Gasteiger partial charge is 0.335 e. The number of aryl methyl sites for hydroxylation is 1. The van der Waals surface area contributed by atoms with Gasteiger partial charge in [-0.05, 0) is 52.7 Å². The standard InChI is InChI=1S/C18H18N4O2.C4H7N3/c1-11(2)17-19-20-21-22(17)16-9-14(8-15(10-16)18(23)24)13-6-4-12(3)5-7-13;5-3-4-1-2-6-7-4/h4-11H,1-3H3,(H,23,24);1-2H,3,5H2,(H,6,7). The fourth-order valence-electron chi connectivity index (χ4n) is 2.91. The summed E-state index contributed by atoms with van der Waals surface area (Å²) in [6, 6.07) is 14.9. The molecule has 0 radical (unpaired) electrons. The summed E-state index contributed by atoms with van der Waals surface area (Å²) in [5.74, 6) is -0.173. The minimum absolute atomic E-state index is 0.122. The number of H-pyrrole nitrogens is 1. The topological polar surface area (TPSA) is 136 Å². The van der Waals surface area contributed by atoms with Crippen LogP contribution < -0.4 is 5.73 Å². The van der Waals surface area contributed by atoms with Gasteiger partial charge in [-0.1, -0.05) is 43.7 Å². The number of carbonyl (C=O) groups is 1. The van der Waals surface area contributed by atoms with E-state index in [1.54, 1.807) is 23.0 Å². The summed E-state index contributed by atoms with van der Waals surface area (Å²) >= 11 is 0. The highest BCUT2D eigenvalue weighted by Crippen LogP contribution is 2.26. The molecule has 0 saturated carbocycles. The van der Waals surface area contributed by atoms with Gasteiger partial charge in [-0.2, -0.15) is 9.78 Å². The number of carboxylic acid groups (broad SMARTS) is 1. The average Bonchev–Trinajstić information content (AvgIpc) is 3.46. The van der Waals surface area contributed by atoms with Crippen LogP contribution in [-0.4, -0.2) is 41.5 Å². The number of hydrogen-bond acceptors (Lipinski definition) is 6. The molecule has 0 bridgehead atoms. The third-order valence-corrected chi connectivity index (χ3v) is 4.58. The zero-order valence-electron chi connectivity index (χ0n) is 17.6. The van der Waals surface area contributed by atoms with E-state index in [9.17, 15) is 9.90 Å². The number of aromatic nitrogens is 6. The van der Waals surface area contributed by atoms with Gasteiger partial charge in [0.15, 0.2) is 5.82 Å². The minimum atomic E-state index is -0.982. The number of nitrogens with two attached hydrogens (primary N) is 1. The lowest BCUT2D eigenvalue weighted by Crippen LogP contribution is -2.07. The van der Waals surface area contributed by atoms with Crippen molar-refractivity contribution in [2.75, 3.05) is 0 Å². The van der Waals surface area contributed by atoms with Gasteiger partial charge in [0.05, 0.1) is 11.3 Å². The summed E-state index contributed by atoms with van der Waals surface area (Å²) in [5.41, 5.74) is 9.95. The first-order valence-corrected chi connectivity index (χ1v) is 9.81. The number of tetrazole rings is 1. The molecule has 9 heteroatoms. The molecule has 4 aromatic rings. The molecule has 0 spiro atoms. The van der Waals surface area contributed by atoms with Crippen LogP contribution in [0.2, 0.25) is 0 Å². The summed E-state index contributed by atoms with van der Waals surface area (Å²) in [6.45, 7) is 6.53. The normalized spacial score (nSPS) is 10.6. The number of hydrogen-bond donors (Lipinski definition) is 3. The number of nitrogens with one attached hydrogen (secondary N) is 1. The number of nitrogens with zero attached hydrogens (tertiary/aromatic N) is 5. The molecule has 0 atom stereocenters. The van der Waals surface area contributed by atoms with Crippen molar-refractivity contribution < 1.29 is 9.90 Å². The second-order valence-electron chi connectivity index (χ2n) is 7.33. The molecule has 2 aromatic heterocycles. The van der Waals surface area contributed by atoms with Gasteiger partial charge in [-0.25, -0.2) is 4.79 Å². The molecule has 2 aromatic carbocycles. The monoisotopic (exact) mass is 419 g/mol. The van der Waals surface area contributed by atoms with Crippen LogP contribution >= 0.6 is 0 Å². The molecule has 2 heterocycles. The summed E-state index contributed by atoms with van der Waals surface area (Å²) in [7, 11) is 0. The molecular weight excluding hydrogens is 394 g/mol. The number of aromatic amines is 1. The molecule has 160 valence electrons. The van der Waals surface area contributed by atoms with E-state index in [2.05, 4.69) is 25.7 Å². The Bertz CT molecular complexity index is 1130. The Kier molecular flexibility index (Phi) is 6.88. The maximum absolute atomic E-state index is 11.5. The Morgan fingerprint density at radius 2 is 1.87 bits per heavy atom. The first kappa shape index (κ1) is 21.8. The van der Waals surface area contributed by atoms with Crippen LogP contribution in [-0.2, 0) is 6.54 Å². The van der Waals surface area contributed by atoms with Crippen molar-refractivity contribution in [1.82, 2.24) is 30.4 Å². The Hall–Kier alpha value is -3.85. The van der Waals surface area contributed by atoms with E-state index >= 15 is 0 Å². The molecule has 0 unspecified atom stereocenters. The molecule has 0 fully saturated rings. The average molecular weight is 419 g/mol. The second-order valence-corrected chi connectivity index (χ2v) is 7.33. The Balaban J connectivity index is 0.000000330. The van der Waals surface area contributed by atoms with Crippen LogP contribution in [0.5, 0.6) is 0 Å². The van der Waals surface area contributed by atoms with Gasteiger partial charge in [0.25, 0.3) is 0 Å². The van der Waals surface area contributed by atoms with E-state index < -0.39 is 5.97 Å². The molecule has 0 saturated heterocycles. The lowest BCUT2D eigenvalue weighted by molar-refractivity contribution is 0.0697. The molecule has 31 heavy (non-hydrogen) atoms. The quantitative estimate of drug-likeness (QED) is 0.451. The highest BCUT2D eigenvalue weighted by Gasteiger charge is 2.15. The number of aromatic carboxylic acids is 1. The second kappa shape index (κ2) is 9.77. The fourth-order valence-corrected chi connectivity index (χ4v) is 2.91. The predicted octanol–water partition coefficient (Wildman–Crippen LogP) is 3.33. The van der Waals surface area contributed by atoms with Crippen molar-refractivity contribution in [2.45, 2.75) is 33.2 Å². The van der Waals surface area contributed by atoms with Crippen LogP contribution in [0.1, 0.15) is 47.2 Å².